The van der Waals surface area contributed by atoms with Crippen LogP contribution in [0, 0.1) is 6.92 Å². The molecule has 4 aromatic rings. The number of hydrogen-bond donors (Lipinski definition) is 3. The van der Waals surface area contributed by atoms with Crippen molar-refractivity contribution in [1.82, 2.24) is 10.6 Å². The van der Waals surface area contributed by atoms with Gasteiger partial charge in [0.25, 0.3) is 17.7 Å². The molecule has 0 unspecified atom stereocenters. The number of hydrogen-bond acceptors (Lipinski definition) is 5. The van der Waals surface area contributed by atoms with Gasteiger partial charge in [0.2, 0.25) is 0 Å². The molecule has 1 heterocycles. The third-order valence-corrected chi connectivity index (χ3v) is 5.58. The largest absolute Gasteiger partial charge is 0.459 e. The van der Waals surface area contributed by atoms with E-state index in [4.69, 9.17) is 4.42 Å². The fourth-order valence-corrected chi connectivity index (χ4v) is 3.59. The van der Waals surface area contributed by atoms with Gasteiger partial charge in [-0.2, -0.15) is 0 Å². The Kier molecular flexibility index (Phi) is 7.90. The van der Waals surface area contributed by atoms with Crippen molar-refractivity contribution in [3.63, 3.8) is 0 Å². The van der Waals surface area contributed by atoms with Crippen LogP contribution in [0.3, 0.4) is 0 Å². The van der Waals surface area contributed by atoms with E-state index in [0.29, 0.717) is 22.4 Å². The number of amides is 3. The van der Waals surface area contributed by atoms with Crippen molar-refractivity contribution in [2.24, 2.45) is 0 Å². The summed E-state index contributed by atoms with van der Waals surface area (Å²) in [6, 6.07) is 23.4. The third kappa shape index (κ3) is 6.37. The number of ketones is 1. The van der Waals surface area contributed by atoms with Crippen molar-refractivity contribution in [1.29, 1.82) is 0 Å². The van der Waals surface area contributed by atoms with E-state index < -0.39 is 5.91 Å². The molecule has 0 radical (unpaired) electrons. The van der Waals surface area contributed by atoms with Gasteiger partial charge in [0.05, 0.1) is 11.8 Å². The average Bonchev–Trinajstić information content (AvgIpc) is 3.47. The van der Waals surface area contributed by atoms with Gasteiger partial charge in [0.1, 0.15) is 0 Å². The lowest BCUT2D eigenvalue weighted by Crippen LogP contribution is -2.34. The summed E-state index contributed by atoms with van der Waals surface area (Å²) >= 11 is 0. The van der Waals surface area contributed by atoms with E-state index in [9.17, 15) is 19.2 Å². The topological polar surface area (TPSA) is 118 Å². The fraction of sp³-hybridized carbons (Fsp3) is 0.103. The highest BCUT2D eigenvalue weighted by atomic mass is 16.3. The first-order valence-electron chi connectivity index (χ1n) is 11.6. The monoisotopic (exact) mass is 495 g/mol. The number of carbonyl (C=O) groups excluding carboxylic acids is 4. The molecule has 3 aromatic carbocycles. The molecule has 0 bridgehead atoms. The molecule has 0 aliphatic rings. The van der Waals surface area contributed by atoms with Gasteiger partial charge in [0.15, 0.2) is 11.5 Å². The first kappa shape index (κ1) is 25.1. The number of nitrogens with one attached hydrogen (secondary N) is 3. The van der Waals surface area contributed by atoms with Gasteiger partial charge in [-0.25, -0.2) is 0 Å². The molecule has 0 atom stereocenters. The van der Waals surface area contributed by atoms with Crippen LogP contribution in [0.2, 0.25) is 0 Å². The Bertz CT molecular complexity index is 1410. The number of benzene rings is 3. The second-order valence-corrected chi connectivity index (χ2v) is 8.26. The summed E-state index contributed by atoms with van der Waals surface area (Å²) in [6.45, 7) is 2.41. The minimum absolute atomic E-state index is 0.200. The molecule has 186 valence electrons. The molecule has 3 amide bonds. The Balaban J connectivity index is 1.33. The van der Waals surface area contributed by atoms with Crippen LogP contribution in [0.4, 0.5) is 5.69 Å². The highest BCUT2D eigenvalue weighted by Gasteiger charge is 2.18. The first-order chi connectivity index (χ1) is 17.9. The number of carbonyl (C=O) groups is 4. The molecule has 3 N–H and O–H groups in total. The number of rotatable bonds is 9. The first-order valence-corrected chi connectivity index (χ1v) is 11.6. The van der Waals surface area contributed by atoms with Crippen molar-refractivity contribution < 1.29 is 23.6 Å². The molecule has 0 aliphatic heterocycles. The predicted molar refractivity (Wildman–Crippen MR) is 139 cm³/mol. The summed E-state index contributed by atoms with van der Waals surface area (Å²) in [5, 5.41) is 8.14. The van der Waals surface area contributed by atoms with E-state index in [2.05, 4.69) is 16.0 Å². The van der Waals surface area contributed by atoms with E-state index >= 15 is 0 Å². The van der Waals surface area contributed by atoms with Crippen LogP contribution in [-0.4, -0.2) is 36.6 Å². The molecule has 0 spiro atoms. The van der Waals surface area contributed by atoms with Gasteiger partial charge in [-0.1, -0.05) is 48.0 Å². The van der Waals surface area contributed by atoms with E-state index in [1.807, 2.05) is 19.1 Å². The van der Waals surface area contributed by atoms with Crippen molar-refractivity contribution in [3.05, 3.63) is 125 Å². The molecule has 0 aliphatic carbocycles. The van der Waals surface area contributed by atoms with Gasteiger partial charge >= 0.3 is 0 Å². The Morgan fingerprint density at radius 1 is 0.649 bits per heavy atom. The molecule has 8 nitrogen and oxygen atoms in total. The molecule has 8 heteroatoms. The highest BCUT2D eigenvalue weighted by molar-refractivity contribution is 6.17. The lowest BCUT2D eigenvalue weighted by atomic mass is 9.97. The summed E-state index contributed by atoms with van der Waals surface area (Å²) in [4.78, 5) is 50.2. The summed E-state index contributed by atoms with van der Waals surface area (Å²) in [5.74, 6) is -1.15. The van der Waals surface area contributed by atoms with Crippen LogP contribution in [0.1, 0.15) is 52.8 Å². The molecule has 1 aromatic heterocycles. The Morgan fingerprint density at radius 2 is 1.27 bits per heavy atom. The van der Waals surface area contributed by atoms with Crippen LogP contribution in [0.15, 0.2) is 95.6 Å². The van der Waals surface area contributed by atoms with Crippen LogP contribution in [0.25, 0.3) is 0 Å². The molecule has 0 fully saturated rings. The second-order valence-electron chi connectivity index (χ2n) is 8.26. The van der Waals surface area contributed by atoms with Crippen LogP contribution in [0.5, 0.6) is 0 Å². The Hall–Kier alpha value is -4.98. The van der Waals surface area contributed by atoms with Crippen LogP contribution >= 0.6 is 0 Å². The molecule has 0 saturated heterocycles. The lowest BCUT2D eigenvalue weighted by molar-refractivity contribution is 0.0910. The van der Waals surface area contributed by atoms with Crippen molar-refractivity contribution in [2.45, 2.75) is 6.92 Å². The molecular formula is C29H25N3O5. The van der Waals surface area contributed by atoms with Gasteiger partial charge in [0, 0.05) is 35.5 Å². The summed E-state index contributed by atoms with van der Waals surface area (Å²) in [6.07, 6.45) is 1.41. The van der Waals surface area contributed by atoms with Crippen molar-refractivity contribution in [3.8, 4) is 0 Å². The van der Waals surface area contributed by atoms with E-state index in [0.717, 1.165) is 5.56 Å². The van der Waals surface area contributed by atoms with Gasteiger partial charge in [-0.05, 0) is 49.4 Å². The van der Waals surface area contributed by atoms with Crippen molar-refractivity contribution >= 4 is 29.2 Å². The maximum atomic E-state index is 13.0. The minimum atomic E-state index is -0.430. The van der Waals surface area contributed by atoms with E-state index in [1.54, 1.807) is 72.8 Å². The van der Waals surface area contributed by atoms with Gasteiger partial charge in [-0.15, -0.1) is 0 Å². The average molecular weight is 496 g/mol. The number of anilines is 1. The van der Waals surface area contributed by atoms with E-state index in [1.165, 1.54) is 6.26 Å². The second kappa shape index (κ2) is 11.6. The number of aryl methyl sites for hydroxylation is 1. The Morgan fingerprint density at radius 3 is 1.92 bits per heavy atom. The zero-order valence-corrected chi connectivity index (χ0v) is 20.1. The quantitative estimate of drug-likeness (QED) is 0.237. The molecular weight excluding hydrogens is 470 g/mol. The predicted octanol–water partition coefficient (Wildman–Crippen LogP) is 4.23. The van der Waals surface area contributed by atoms with Gasteiger partial charge in [-0.3, -0.25) is 19.2 Å². The molecule has 4 rings (SSSR count). The van der Waals surface area contributed by atoms with E-state index in [-0.39, 0.29) is 42.0 Å². The standard InChI is InChI=1S/C29H25N3O5/c1-19-8-10-20(11-9-19)26(33)23-5-2-3-6-24(23)28(35)32-22-14-12-21(13-15-22)27(34)30-16-17-31-29(36)25-7-4-18-37-25/h2-15,18H,16-17H2,1H3,(H,30,34)(H,31,36)(H,32,35). The lowest BCUT2D eigenvalue weighted by Gasteiger charge is -2.11. The van der Waals surface area contributed by atoms with Crippen molar-refractivity contribution in [2.75, 3.05) is 18.4 Å². The summed E-state index contributed by atoms with van der Waals surface area (Å²) < 4.78 is 5.01. The fourth-order valence-electron chi connectivity index (χ4n) is 3.59. The number of furan rings is 1. The zero-order chi connectivity index (χ0) is 26.2. The highest BCUT2D eigenvalue weighted by Crippen LogP contribution is 2.18. The molecule has 0 saturated carbocycles. The maximum absolute atomic E-state index is 13.0. The maximum Gasteiger partial charge on any atom is 0.287 e. The molecule has 37 heavy (non-hydrogen) atoms. The van der Waals surface area contributed by atoms with Gasteiger partial charge < -0.3 is 20.4 Å². The minimum Gasteiger partial charge on any atom is -0.459 e. The van der Waals surface area contributed by atoms with Crippen LogP contribution in [-0.2, 0) is 0 Å². The SMILES string of the molecule is Cc1ccc(C(=O)c2ccccc2C(=O)Nc2ccc(C(=O)NCCNC(=O)c3ccco3)cc2)cc1. The summed E-state index contributed by atoms with van der Waals surface area (Å²) in [7, 11) is 0. The summed E-state index contributed by atoms with van der Waals surface area (Å²) in [5.41, 5.74) is 2.97. The normalized spacial score (nSPS) is 10.4. The zero-order valence-electron chi connectivity index (χ0n) is 20.1. The van der Waals surface area contributed by atoms with Crippen LogP contribution < -0.4 is 16.0 Å². The smallest absolute Gasteiger partial charge is 0.287 e. The third-order valence-electron chi connectivity index (χ3n) is 5.58. The Labute approximate surface area is 213 Å².